The number of hydrogen-bond donors (Lipinski definition) is 1. The lowest BCUT2D eigenvalue weighted by molar-refractivity contribution is 0.663. The Labute approximate surface area is 108 Å². The molecule has 0 unspecified atom stereocenters. The molecule has 0 fully saturated rings. The van der Waals surface area contributed by atoms with Gasteiger partial charge in [-0.15, -0.1) is 0 Å². The molecule has 0 amide bonds. The summed E-state index contributed by atoms with van der Waals surface area (Å²) in [7, 11) is 2.10. The van der Waals surface area contributed by atoms with Crippen molar-refractivity contribution in [2.24, 2.45) is 5.73 Å². The highest BCUT2D eigenvalue weighted by Gasteiger charge is 2.06. The predicted octanol–water partition coefficient (Wildman–Crippen LogP) is 1.79. The monoisotopic (exact) mass is 244 g/mol. The van der Waals surface area contributed by atoms with Gasteiger partial charge in [-0.25, -0.2) is 4.98 Å². The summed E-state index contributed by atoms with van der Waals surface area (Å²) >= 11 is 0. The minimum atomic E-state index is 0.574. The lowest BCUT2D eigenvalue weighted by Gasteiger charge is -2.22. The summed E-state index contributed by atoms with van der Waals surface area (Å²) in [5.41, 5.74) is 8.15. The number of imidazole rings is 1. The molecule has 96 valence electrons. The maximum atomic E-state index is 5.76. The summed E-state index contributed by atoms with van der Waals surface area (Å²) in [6.45, 7) is 4.47. The van der Waals surface area contributed by atoms with E-state index in [4.69, 9.17) is 5.73 Å². The first kappa shape index (κ1) is 12.6. The van der Waals surface area contributed by atoms with Crippen LogP contribution in [0.2, 0.25) is 0 Å². The van der Waals surface area contributed by atoms with Gasteiger partial charge in [-0.3, -0.25) is 0 Å². The maximum Gasteiger partial charge on any atom is 0.105 e. The summed E-state index contributed by atoms with van der Waals surface area (Å²) in [5.74, 6) is 1.05. The quantitative estimate of drug-likeness (QED) is 0.872. The van der Waals surface area contributed by atoms with Crippen molar-refractivity contribution in [1.29, 1.82) is 0 Å². The molecule has 1 aromatic carbocycles. The van der Waals surface area contributed by atoms with Crippen molar-refractivity contribution in [2.75, 3.05) is 18.5 Å². The van der Waals surface area contributed by atoms with Crippen molar-refractivity contribution in [2.45, 2.75) is 20.0 Å². The summed E-state index contributed by atoms with van der Waals surface area (Å²) in [5, 5.41) is 0. The number of rotatable bonds is 5. The minimum Gasteiger partial charge on any atom is -0.373 e. The van der Waals surface area contributed by atoms with Gasteiger partial charge >= 0.3 is 0 Å². The summed E-state index contributed by atoms with van der Waals surface area (Å²) in [6, 6.07) is 8.27. The van der Waals surface area contributed by atoms with Gasteiger partial charge in [0.25, 0.3) is 0 Å². The van der Waals surface area contributed by atoms with Crippen LogP contribution in [0, 0.1) is 6.92 Å². The first-order valence-electron chi connectivity index (χ1n) is 6.19. The van der Waals surface area contributed by atoms with Crippen molar-refractivity contribution in [1.82, 2.24) is 9.55 Å². The highest BCUT2D eigenvalue weighted by Crippen LogP contribution is 2.18. The zero-order chi connectivity index (χ0) is 13.0. The molecule has 4 heteroatoms. The topological polar surface area (TPSA) is 47.1 Å². The third-order valence-corrected chi connectivity index (χ3v) is 3.22. The van der Waals surface area contributed by atoms with Gasteiger partial charge < -0.3 is 15.2 Å². The Morgan fingerprint density at radius 3 is 2.78 bits per heavy atom. The van der Waals surface area contributed by atoms with Crippen LogP contribution in [-0.4, -0.2) is 23.1 Å². The summed E-state index contributed by atoms with van der Waals surface area (Å²) in [6.07, 6.45) is 3.85. The highest BCUT2D eigenvalue weighted by atomic mass is 15.1. The third-order valence-electron chi connectivity index (χ3n) is 3.22. The van der Waals surface area contributed by atoms with Crippen molar-refractivity contribution in [3.05, 3.63) is 48.0 Å². The first-order chi connectivity index (χ1) is 8.72. The number of hydrogen-bond acceptors (Lipinski definition) is 3. The standard InChI is InChI=1S/C14H20N4/c1-12-16-7-8-18(12)10-9-17(2)14-6-4-3-5-13(14)11-15/h3-8H,9-11,15H2,1-2H3. The number of nitrogens with zero attached hydrogens (tertiary/aromatic N) is 3. The molecule has 2 rings (SSSR count). The molecule has 0 aliphatic carbocycles. The van der Waals surface area contributed by atoms with Crippen LogP contribution in [0.3, 0.4) is 0 Å². The lowest BCUT2D eigenvalue weighted by atomic mass is 10.1. The van der Waals surface area contributed by atoms with E-state index >= 15 is 0 Å². The van der Waals surface area contributed by atoms with Gasteiger partial charge in [0.2, 0.25) is 0 Å². The molecule has 0 bridgehead atoms. The van der Waals surface area contributed by atoms with E-state index < -0.39 is 0 Å². The Morgan fingerprint density at radius 1 is 1.33 bits per heavy atom. The second-order valence-corrected chi connectivity index (χ2v) is 4.42. The van der Waals surface area contributed by atoms with Crippen LogP contribution in [0.15, 0.2) is 36.7 Å². The molecular formula is C14H20N4. The molecule has 0 atom stereocenters. The van der Waals surface area contributed by atoms with E-state index in [0.717, 1.165) is 18.9 Å². The zero-order valence-corrected chi connectivity index (χ0v) is 11.0. The Morgan fingerprint density at radius 2 is 2.11 bits per heavy atom. The number of aromatic nitrogens is 2. The molecule has 0 aliphatic rings. The summed E-state index contributed by atoms with van der Waals surface area (Å²) in [4.78, 5) is 6.46. The number of aryl methyl sites for hydroxylation is 1. The van der Waals surface area contributed by atoms with Crippen molar-refractivity contribution >= 4 is 5.69 Å². The van der Waals surface area contributed by atoms with Crippen molar-refractivity contribution < 1.29 is 0 Å². The molecule has 0 saturated carbocycles. The molecule has 0 radical (unpaired) electrons. The number of anilines is 1. The highest BCUT2D eigenvalue weighted by molar-refractivity contribution is 5.52. The van der Waals surface area contributed by atoms with E-state index in [-0.39, 0.29) is 0 Å². The van der Waals surface area contributed by atoms with Crippen LogP contribution in [-0.2, 0) is 13.1 Å². The molecule has 1 aromatic heterocycles. The van der Waals surface area contributed by atoms with E-state index in [9.17, 15) is 0 Å². The number of nitrogens with two attached hydrogens (primary N) is 1. The maximum absolute atomic E-state index is 5.76. The lowest BCUT2D eigenvalue weighted by Crippen LogP contribution is -2.24. The molecule has 1 heterocycles. The fraction of sp³-hybridized carbons (Fsp3) is 0.357. The van der Waals surface area contributed by atoms with E-state index in [1.807, 2.05) is 31.5 Å². The van der Waals surface area contributed by atoms with Crippen LogP contribution in [0.25, 0.3) is 0 Å². The van der Waals surface area contributed by atoms with E-state index in [0.29, 0.717) is 6.54 Å². The first-order valence-corrected chi connectivity index (χ1v) is 6.19. The van der Waals surface area contributed by atoms with Crippen LogP contribution in [0.1, 0.15) is 11.4 Å². The van der Waals surface area contributed by atoms with Gasteiger partial charge in [0, 0.05) is 44.8 Å². The Kier molecular flexibility index (Phi) is 3.99. The largest absolute Gasteiger partial charge is 0.373 e. The number of likely N-dealkylation sites (N-methyl/N-ethyl adjacent to an activating group) is 1. The fourth-order valence-electron chi connectivity index (χ4n) is 2.07. The SMILES string of the molecule is Cc1nccn1CCN(C)c1ccccc1CN. The smallest absolute Gasteiger partial charge is 0.105 e. The molecule has 2 N–H and O–H groups in total. The van der Waals surface area contributed by atoms with Gasteiger partial charge in [0.15, 0.2) is 0 Å². The fourth-order valence-corrected chi connectivity index (χ4v) is 2.07. The van der Waals surface area contributed by atoms with Crippen LogP contribution in [0.4, 0.5) is 5.69 Å². The van der Waals surface area contributed by atoms with Crippen LogP contribution >= 0.6 is 0 Å². The summed E-state index contributed by atoms with van der Waals surface area (Å²) < 4.78 is 2.15. The van der Waals surface area contributed by atoms with E-state index in [1.54, 1.807) is 0 Å². The molecule has 2 aromatic rings. The molecular weight excluding hydrogens is 224 g/mol. The van der Waals surface area contributed by atoms with Crippen LogP contribution < -0.4 is 10.6 Å². The van der Waals surface area contributed by atoms with Gasteiger partial charge in [-0.2, -0.15) is 0 Å². The number of benzene rings is 1. The molecule has 4 nitrogen and oxygen atoms in total. The predicted molar refractivity (Wildman–Crippen MR) is 74.6 cm³/mol. The second kappa shape index (κ2) is 5.69. The normalized spacial score (nSPS) is 10.6. The van der Waals surface area contributed by atoms with E-state index in [2.05, 4.69) is 33.6 Å². The third kappa shape index (κ3) is 2.71. The Hall–Kier alpha value is -1.81. The molecule has 18 heavy (non-hydrogen) atoms. The second-order valence-electron chi connectivity index (χ2n) is 4.42. The van der Waals surface area contributed by atoms with Crippen molar-refractivity contribution in [3.8, 4) is 0 Å². The Balaban J connectivity index is 2.03. The van der Waals surface area contributed by atoms with Gasteiger partial charge in [-0.1, -0.05) is 18.2 Å². The van der Waals surface area contributed by atoms with Gasteiger partial charge in [0.1, 0.15) is 5.82 Å². The minimum absolute atomic E-state index is 0.574. The van der Waals surface area contributed by atoms with Crippen LogP contribution in [0.5, 0.6) is 0 Å². The van der Waals surface area contributed by atoms with Crippen molar-refractivity contribution in [3.63, 3.8) is 0 Å². The average molecular weight is 244 g/mol. The van der Waals surface area contributed by atoms with Gasteiger partial charge in [0.05, 0.1) is 0 Å². The number of para-hydroxylation sites is 1. The van der Waals surface area contributed by atoms with E-state index in [1.165, 1.54) is 11.3 Å². The van der Waals surface area contributed by atoms with Gasteiger partial charge in [-0.05, 0) is 18.6 Å². The Bertz CT molecular complexity index is 504. The molecule has 0 aliphatic heterocycles. The zero-order valence-electron chi connectivity index (χ0n) is 11.0. The molecule has 0 spiro atoms. The average Bonchev–Trinajstić information content (AvgIpc) is 2.81. The molecule has 0 saturated heterocycles.